The quantitative estimate of drug-likeness (QED) is 0.848. The van der Waals surface area contributed by atoms with E-state index >= 15 is 0 Å². The van der Waals surface area contributed by atoms with E-state index in [9.17, 15) is 4.79 Å². The minimum atomic E-state index is -0.216. The van der Waals surface area contributed by atoms with Crippen LogP contribution >= 0.6 is 27.5 Å². The van der Waals surface area contributed by atoms with Gasteiger partial charge < -0.3 is 5.32 Å². The van der Waals surface area contributed by atoms with Gasteiger partial charge in [0.25, 0.3) is 5.91 Å². The minimum Gasteiger partial charge on any atom is -0.376 e. The van der Waals surface area contributed by atoms with Gasteiger partial charge in [-0.1, -0.05) is 45.7 Å². The molecule has 2 aromatic carbocycles. The molecule has 1 aliphatic rings. The van der Waals surface area contributed by atoms with Gasteiger partial charge in [-0.15, -0.1) is 0 Å². The first-order valence-corrected chi connectivity index (χ1v) is 7.22. The largest absolute Gasteiger partial charge is 0.376 e. The molecule has 0 saturated carbocycles. The van der Waals surface area contributed by atoms with Crippen molar-refractivity contribution in [3.05, 3.63) is 63.1 Å². The van der Waals surface area contributed by atoms with Gasteiger partial charge in [-0.2, -0.15) is 0 Å². The number of amides is 1. The number of aliphatic imine (C=N–C) groups is 1. The number of hydrogen-bond donors (Lipinski definition) is 1. The Balaban J connectivity index is 2.25. The summed E-state index contributed by atoms with van der Waals surface area (Å²) in [5.74, 6) is -0.216. The average Bonchev–Trinajstić information content (AvgIpc) is 2.59. The Bertz CT molecular complexity index is 728. The SMILES string of the molecule is O=C1CNc2ccc(Br)cc2C(c2ccccc2Cl)=N1. The van der Waals surface area contributed by atoms with Gasteiger partial charge in [0.05, 0.1) is 12.3 Å². The molecule has 100 valence electrons. The van der Waals surface area contributed by atoms with Crippen molar-refractivity contribution < 1.29 is 4.79 Å². The van der Waals surface area contributed by atoms with Crippen LogP contribution in [0.4, 0.5) is 5.69 Å². The third kappa shape index (κ3) is 2.49. The summed E-state index contributed by atoms with van der Waals surface area (Å²) < 4.78 is 0.923. The number of anilines is 1. The van der Waals surface area contributed by atoms with Crippen molar-refractivity contribution >= 4 is 44.8 Å². The topological polar surface area (TPSA) is 41.5 Å². The van der Waals surface area contributed by atoms with E-state index < -0.39 is 0 Å². The van der Waals surface area contributed by atoms with Crippen LogP contribution in [0, 0.1) is 0 Å². The molecule has 0 saturated heterocycles. The second kappa shape index (κ2) is 5.38. The van der Waals surface area contributed by atoms with Crippen LogP contribution in [-0.4, -0.2) is 18.2 Å². The zero-order valence-electron chi connectivity index (χ0n) is 10.4. The molecule has 3 nitrogen and oxygen atoms in total. The number of rotatable bonds is 1. The molecule has 0 atom stereocenters. The van der Waals surface area contributed by atoms with Crippen LogP contribution in [0.5, 0.6) is 0 Å². The maximum absolute atomic E-state index is 11.8. The van der Waals surface area contributed by atoms with Crippen LogP contribution in [0.2, 0.25) is 5.02 Å². The van der Waals surface area contributed by atoms with Gasteiger partial charge in [-0.3, -0.25) is 4.79 Å². The molecule has 0 bridgehead atoms. The summed E-state index contributed by atoms with van der Waals surface area (Å²) in [6, 6.07) is 13.2. The second-order valence-electron chi connectivity index (χ2n) is 4.38. The van der Waals surface area contributed by atoms with Crippen LogP contribution in [0.15, 0.2) is 51.9 Å². The first-order valence-electron chi connectivity index (χ1n) is 6.05. The van der Waals surface area contributed by atoms with Crippen molar-refractivity contribution in [2.75, 3.05) is 11.9 Å². The molecule has 0 aromatic heterocycles. The molecular formula is C15H10BrClN2O. The van der Waals surface area contributed by atoms with E-state index in [-0.39, 0.29) is 12.5 Å². The summed E-state index contributed by atoms with van der Waals surface area (Å²) in [5, 5.41) is 3.67. The van der Waals surface area contributed by atoms with Gasteiger partial charge in [0.1, 0.15) is 0 Å². The van der Waals surface area contributed by atoms with E-state index in [0.29, 0.717) is 10.7 Å². The van der Waals surface area contributed by atoms with E-state index in [1.807, 2.05) is 36.4 Å². The molecule has 0 aliphatic carbocycles. The van der Waals surface area contributed by atoms with Crippen molar-refractivity contribution in [2.45, 2.75) is 0 Å². The molecule has 3 rings (SSSR count). The Morgan fingerprint density at radius 3 is 2.75 bits per heavy atom. The molecule has 0 unspecified atom stereocenters. The molecule has 0 radical (unpaired) electrons. The Labute approximate surface area is 129 Å². The van der Waals surface area contributed by atoms with Crippen molar-refractivity contribution in [3.8, 4) is 0 Å². The summed E-state index contributed by atoms with van der Waals surface area (Å²) >= 11 is 9.69. The third-order valence-electron chi connectivity index (χ3n) is 3.03. The lowest BCUT2D eigenvalue weighted by Gasteiger charge is -2.11. The molecule has 5 heteroatoms. The minimum absolute atomic E-state index is 0.183. The van der Waals surface area contributed by atoms with Crippen LogP contribution < -0.4 is 5.32 Å². The van der Waals surface area contributed by atoms with Crippen molar-refractivity contribution in [1.29, 1.82) is 0 Å². The first kappa shape index (κ1) is 13.3. The van der Waals surface area contributed by atoms with Crippen LogP contribution in [0.25, 0.3) is 0 Å². The number of benzodiazepines with no additional fused rings is 1. The predicted molar refractivity (Wildman–Crippen MR) is 84.7 cm³/mol. The van der Waals surface area contributed by atoms with Gasteiger partial charge >= 0.3 is 0 Å². The lowest BCUT2D eigenvalue weighted by molar-refractivity contribution is -0.116. The Morgan fingerprint density at radius 1 is 1.15 bits per heavy atom. The normalized spacial score (nSPS) is 14.1. The van der Waals surface area contributed by atoms with Crippen LogP contribution in [0.3, 0.4) is 0 Å². The van der Waals surface area contributed by atoms with Gasteiger partial charge in [0, 0.05) is 26.3 Å². The summed E-state index contributed by atoms with van der Waals surface area (Å²) in [4.78, 5) is 16.0. The van der Waals surface area contributed by atoms with E-state index in [1.165, 1.54) is 0 Å². The van der Waals surface area contributed by atoms with Gasteiger partial charge in [-0.25, -0.2) is 4.99 Å². The number of hydrogen-bond acceptors (Lipinski definition) is 2. The fourth-order valence-electron chi connectivity index (χ4n) is 2.12. The van der Waals surface area contributed by atoms with E-state index in [4.69, 9.17) is 11.6 Å². The summed E-state index contributed by atoms with van der Waals surface area (Å²) in [7, 11) is 0. The van der Waals surface area contributed by atoms with Crippen molar-refractivity contribution in [3.63, 3.8) is 0 Å². The smallest absolute Gasteiger partial charge is 0.265 e. The lowest BCUT2D eigenvalue weighted by atomic mass is 10.0. The monoisotopic (exact) mass is 348 g/mol. The number of nitrogens with zero attached hydrogens (tertiary/aromatic N) is 1. The molecular weight excluding hydrogens is 340 g/mol. The Morgan fingerprint density at radius 2 is 1.95 bits per heavy atom. The molecule has 0 spiro atoms. The highest BCUT2D eigenvalue weighted by atomic mass is 79.9. The molecule has 20 heavy (non-hydrogen) atoms. The maximum Gasteiger partial charge on any atom is 0.265 e. The lowest BCUT2D eigenvalue weighted by Crippen LogP contribution is -2.09. The number of benzene rings is 2. The van der Waals surface area contributed by atoms with Gasteiger partial charge in [0.15, 0.2) is 0 Å². The van der Waals surface area contributed by atoms with Crippen LogP contribution in [0.1, 0.15) is 11.1 Å². The molecule has 1 heterocycles. The summed E-state index contributed by atoms with van der Waals surface area (Å²) in [6.07, 6.45) is 0. The fraction of sp³-hybridized carbons (Fsp3) is 0.0667. The zero-order valence-corrected chi connectivity index (χ0v) is 12.7. The molecule has 0 fully saturated rings. The highest BCUT2D eigenvalue weighted by molar-refractivity contribution is 9.10. The van der Waals surface area contributed by atoms with Crippen molar-refractivity contribution in [1.82, 2.24) is 0 Å². The number of halogens is 2. The highest BCUT2D eigenvalue weighted by Crippen LogP contribution is 2.28. The summed E-state index contributed by atoms with van der Waals surface area (Å²) in [6.45, 7) is 0.183. The number of carbonyl (C=O) groups is 1. The van der Waals surface area contributed by atoms with E-state index in [1.54, 1.807) is 6.07 Å². The number of fused-ring (bicyclic) bond motifs is 1. The second-order valence-corrected chi connectivity index (χ2v) is 5.70. The fourth-order valence-corrected chi connectivity index (χ4v) is 2.71. The predicted octanol–water partition coefficient (Wildman–Crippen LogP) is 3.89. The third-order valence-corrected chi connectivity index (χ3v) is 3.86. The Kier molecular flexibility index (Phi) is 3.59. The average molecular weight is 350 g/mol. The first-order chi connectivity index (χ1) is 9.65. The standard InChI is InChI=1S/C15H10BrClN2O/c16-9-5-6-13-11(7-9)15(19-14(20)8-18-13)10-3-1-2-4-12(10)17/h1-7,18H,8H2. The van der Waals surface area contributed by atoms with Gasteiger partial charge in [0.2, 0.25) is 0 Å². The highest BCUT2D eigenvalue weighted by Gasteiger charge is 2.19. The molecule has 2 aromatic rings. The van der Waals surface area contributed by atoms with E-state index in [2.05, 4.69) is 26.2 Å². The molecule has 1 amide bonds. The number of nitrogens with one attached hydrogen (secondary N) is 1. The van der Waals surface area contributed by atoms with Crippen LogP contribution in [-0.2, 0) is 4.79 Å². The Hall–Kier alpha value is -1.65. The zero-order chi connectivity index (χ0) is 14.1. The van der Waals surface area contributed by atoms with Crippen molar-refractivity contribution in [2.24, 2.45) is 4.99 Å². The summed E-state index contributed by atoms with van der Waals surface area (Å²) in [5.41, 5.74) is 3.09. The molecule has 1 aliphatic heterocycles. The van der Waals surface area contributed by atoms with E-state index in [0.717, 1.165) is 21.3 Å². The maximum atomic E-state index is 11.8. The molecule has 1 N–H and O–H groups in total. The van der Waals surface area contributed by atoms with Gasteiger partial charge in [-0.05, 0) is 24.3 Å². The number of carbonyl (C=O) groups excluding carboxylic acids is 1.